The van der Waals surface area contributed by atoms with Crippen LogP contribution in [-0.4, -0.2) is 29.3 Å². The molecule has 0 fully saturated rings. The SMILES string of the molecule is CCCn1c(C(C)(C)C)c(N)c(=O)n1CCS(=O)(=O)CC. The Morgan fingerprint density at radius 3 is 2.10 bits per heavy atom. The Balaban J connectivity index is 3.35. The van der Waals surface area contributed by atoms with Crippen LogP contribution in [0.2, 0.25) is 0 Å². The van der Waals surface area contributed by atoms with Gasteiger partial charge in [-0.25, -0.2) is 13.1 Å². The molecule has 0 aromatic carbocycles. The Labute approximate surface area is 126 Å². The van der Waals surface area contributed by atoms with Crippen LogP contribution in [0.1, 0.15) is 46.7 Å². The summed E-state index contributed by atoms with van der Waals surface area (Å²) in [6, 6.07) is 0. The highest BCUT2D eigenvalue weighted by molar-refractivity contribution is 7.91. The number of nitrogens with zero attached hydrogens (tertiary/aromatic N) is 2. The number of nitrogen functional groups attached to an aromatic ring is 1. The third kappa shape index (κ3) is 3.90. The predicted molar refractivity (Wildman–Crippen MR) is 86.4 cm³/mol. The summed E-state index contributed by atoms with van der Waals surface area (Å²) in [4.78, 5) is 12.4. The van der Waals surface area contributed by atoms with E-state index in [1.165, 1.54) is 4.68 Å². The first-order valence-corrected chi connectivity index (χ1v) is 9.17. The molecule has 0 aliphatic rings. The predicted octanol–water partition coefficient (Wildman–Crippen LogP) is 1.37. The van der Waals surface area contributed by atoms with Crippen molar-refractivity contribution in [3.63, 3.8) is 0 Å². The maximum Gasteiger partial charge on any atom is 0.290 e. The van der Waals surface area contributed by atoms with Crippen molar-refractivity contribution < 1.29 is 8.42 Å². The molecule has 0 aliphatic carbocycles. The molecule has 0 aliphatic heterocycles. The maximum atomic E-state index is 12.4. The van der Waals surface area contributed by atoms with Crippen molar-refractivity contribution in [2.24, 2.45) is 0 Å². The number of nitrogens with two attached hydrogens (primary N) is 1. The van der Waals surface area contributed by atoms with E-state index in [1.54, 1.807) is 6.92 Å². The van der Waals surface area contributed by atoms with Gasteiger partial charge >= 0.3 is 0 Å². The van der Waals surface area contributed by atoms with E-state index in [-0.39, 0.29) is 34.7 Å². The van der Waals surface area contributed by atoms with E-state index >= 15 is 0 Å². The van der Waals surface area contributed by atoms with E-state index in [2.05, 4.69) is 0 Å². The molecule has 0 atom stereocenters. The lowest BCUT2D eigenvalue weighted by atomic mass is 9.91. The number of aromatic nitrogens is 2. The van der Waals surface area contributed by atoms with Gasteiger partial charge in [-0.15, -0.1) is 0 Å². The monoisotopic (exact) mass is 317 g/mol. The first-order valence-electron chi connectivity index (χ1n) is 7.35. The van der Waals surface area contributed by atoms with Crippen LogP contribution >= 0.6 is 0 Å². The number of hydrogen-bond donors (Lipinski definition) is 1. The van der Waals surface area contributed by atoms with Crippen LogP contribution in [0, 0.1) is 0 Å². The molecule has 2 N–H and O–H groups in total. The Morgan fingerprint density at radius 1 is 1.10 bits per heavy atom. The molecule has 0 saturated carbocycles. The third-order valence-corrected chi connectivity index (χ3v) is 5.15. The van der Waals surface area contributed by atoms with Crippen molar-refractivity contribution in [3.8, 4) is 0 Å². The normalized spacial score (nSPS) is 12.8. The van der Waals surface area contributed by atoms with Crippen LogP contribution in [0.3, 0.4) is 0 Å². The largest absolute Gasteiger partial charge is 0.393 e. The van der Waals surface area contributed by atoms with Gasteiger partial charge in [-0.2, -0.15) is 0 Å². The molecule has 0 amide bonds. The molecule has 1 rings (SSSR count). The summed E-state index contributed by atoms with van der Waals surface area (Å²) < 4.78 is 26.7. The molecule has 0 saturated heterocycles. The highest BCUT2D eigenvalue weighted by Crippen LogP contribution is 2.26. The van der Waals surface area contributed by atoms with Crippen LogP contribution < -0.4 is 11.3 Å². The number of anilines is 1. The minimum Gasteiger partial charge on any atom is -0.393 e. The molecule has 7 heteroatoms. The summed E-state index contributed by atoms with van der Waals surface area (Å²) in [6.07, 6.45) is 0.844. The fourth-order valence-corrected chi connectivity index (χ4v) is 3.18. The van der Waals surface area contributed by atoms with Gasteiger partial charge in [0.1, 0.15) is 5.69 Å². The standard InChI is InChI=1S/C14H27N3O3S/c1-6-8-16-12(14(3,4)5)11(15)13(18)17(16)9-10-21(19,20)7-2/h6-10,15H2,1-5H3. The number of hydrogen-bond acceptors (Lipinski definition) is 4. The van der Waals surface area contributed by atoms with Gasteiger partial charge in [0.15, 0.2) is 9.84 Å². The van der Waals surface area contributed by atoms with Gasteiger partial charge in [-0.05, 0) is 6.42 Å². The van der Waals surface area contributed by atoms with Crippen molar-refractivity contribution in [3.05, 3.63) is 16.0 Å². The summed E-state index contributed by atoms with van der Waals surface area (Å²) in [5, 5.41) is 0. The van der Waals surface area contributed by atoms with Crippen LogP contribution in [-0.2, 0) is 28.3 Å². The van der Waals surface area contributed by atoms with Gasteiger partial charge in [0, 0.05) is 17.7 Å². The Morgan fingerprint density at radius 2 is 1.67 bits per heavy atom. The zero-order valence-electron chi connectivity index (χ0n) is 13.6. The summed E-state index contributed by atoms with van der Waals surface area (Å²) in [6.45, 7) is 10.4. The second kappa shape index (κ2) is 6.25. The van der Waals surface area contributed by atoms with E-state index in [1.807, 2.05) is 32.4 Å². The van der Waals surface area contributed by atoms with Gasteiger partial charge < -0.3 is 5.73 Å². The van der Waals surface area contributed by atoms with E-state index < -0.39 is 9.84 Å². The maximum absolute atomic E-state index is 12.4. The van der Waals surface area contributed by atoms with Gasteiger partial charge in [-0.1, -0.05) is 34.6 Å². The van der Waals surface area contributed by atoms with Crippen LogP contribution in [0.5, 0.6) is 0 Å². The van der Waals surface area contributed by atoms with Gasteiger partial charge in [0.05, 0.1) is 18.0 Å². The van der Waals surface area contributed by atoms with E-state index in [0.717, 1.165) is 12.1 Å². The second-order valence-electron chi connectivity index (χ2n) is 6.30. The summed E-state index contributed by atoms with van der Waals surface area (Å²) in [5.41, 5.74) is 6.43. The summed E-state index contributed by atoms with van der Waals surface area (Å²) in [5.74, 6) is 0.0397. The van der Waals surface area contributed by atoms with E-state index in [4.69, 9.17) is 5.73 Å². The minimum atomic E-state index is -3.12. The first kappa shape index (κ1) is 17.8. The molecule has 0 spiro atoms. The quantitative estimate of drug-likeness (QED) is 0.858. The average molecular weight is 317 g/mol. The summed E-state index contributed by atoms with van der Waals surface area (Å²) >= 11 is 0. The van der Waals surface area contributed by atoms with E-state index in [9.17, 15) is 13.2 Å². The van der Waals surface area contributed by atoms with Crippen LogP contribution in [0.25, 0.3) is 0 Å². The molecule has 21 heavy (non-hydrogen) atoms. The minimum absolute atomic E-state index is 0.0415. The molecular formula is C14H27N3O3S. The molecule has 0 bridgehead atoms. The zero-order chi connectivity index (χ0) is 16.4. The van der Waals surface area contributed by atoms with E-state index in [0.29, 0.717) is 6.54 Å². The molecule has 1 heterocycles. The van der Waals surface area contributed by atoms with Crippen molar-refractivity contribution >= 4 is 15.5 Å². The zero-order valence-corrected chi connectivity index (χ0v) is 14.5. The molecular weight excluding hydrogens is 290 g/mol. The molecule has 0 unspecified atom stereocenters. The van der Waals surface area contributed by atoms with Crippen molar-refractivity contribution in [1.82, 2.24) is 9.36 Å². The first-order chi connectivity index (χ1) is 9.55. The molecule has 6 nitrogen and oxygen atoms in total. The van der Waals surface area contributed by atoms with Crippen LogP contribution in [0.4, 0.5) is 5.69 Å². The Bertz CT molecular complexity index is 648. The average Bonchev–Trinajstić information content (AvgIpc) is 2.60. The molecule has 0 radical (unpaired) electrons. The van der Waals surface area contributed by atoms with Crippen molar-refractivity contribution in [1.29, 1.82) is 0 Å². The second-order valence-corrected chi connectivity index (χ2v) is 8.77. The fourth-order valence-electron chi connectivity index (χ4n) is 2.44. The molecule has 1 aromatic rings. The molecule has 122 valence electrons. The van der Waals surface area contributed by atoms with Crippen molar-refractivity contribution in [2.75, 3.05) is 17.2 Å². The fraction of sp³-hybridized carbons (Fsp3) is 0.786. The lowest BCUT2D eigenvalue weighted by Gasteiger charge is -2.23. The lowest BCUT2D eigenvalue weighted by molar-refractivity contribution is 0.405. The Kier molecular flexibility index (Phi) is 5.30. The van der Waals surface area contributed by atoms with Crippen LogP contribution in [0.15, 0.2) is 4.79 Å². The lowest BCUT2D eigenvalue weighted by Crippen LogP contribution is -2.29. The summed E-state index contributed by atoms with van der Waals surface area (Å²) in [7, 11) is -3.12. The topological polar surface area (TPSA) is 87.1 Å². The third-order valence-electron chi connectivity index (χ3n) is 3.47. The van der Waals surface area contributed by atoms with Gasteiger partial charge in [0.25, 0.3) is 5.56 Å². The Hall–Kier alpha value is -1.24. The molecule has 1 aromatic heterocycles. The van der Waals surface area contributed by atoms with Gasteiger partial charge in [0.2, 0.25) is 0 Å². The number of sulfone groups is 1. The van der Waals surface area contributed by atoms with Gasteiger partial charge in [-0.3, -0.25) is 9.48 Å². The smallest absolute Gasteiger partial charge is 0.290 e. The number of rotatable bonds is 6. The highest BCUT2D eigenvalue weighted by Gasteiger charge is 2.27. The van der Waals surface area contributed by atoms with Crippen molar-refractivity contribution in [2.45, 2.75) is 59.5 Å². The highest BCUT2D eigenvalue weighted by atomic mass is 32.2.